The molecular weight excluding hydrogens is 489 g/mol. The van der Waals surface area contributed by atoms with Crippen LogP contribution in [-0.4, -0.2) is 47.3 Å². The quantitative estimate of drug-likeness (QED) is 0.400. The number of rotatable bonds is 10. The van der Waals surface area contributed by atoms with Gasteiger partial charge >= 0.3 is 6.18 Å². The van der Waals surface area contributed by atoms with Gasteiger partial charge in [-0.25, -0.2) is 0 Å². The van der Waals surface area contributed by atoms with E-state index in [0.717, 1.165) is 6.42 Å². The maximum Gasteiger partial charge on any atom is 0.449 e. The lowest BCUT2D eigenvalue weighted by Crippen LogP contribution is -2.53. The van der Waals surface area contributed by atoms with Gasteiger partial charge in [0, 0.05) is 17.9 Å². The second kappa shape index (κ2) is 10.6. The molecule has 0 aromatic carbocycles. The second-order valence-electron chi connectivity index (χ2n) is 12.9. The van der Waals surface area contributed by atoms with Gasteiger partial charge in [-0.15, -0.1) is 0 Å². The SMILES string of the molecule is CC1(C)CC(CC(C#N)NC(=O)C(CC2CC2(C)C)NC(=O)C(CC(=O)C(F)(F)F)C(C)(C)C)C(=O)N1. The summed E-state index contributed by atoms with van der Waals surface area (Å²) in [7, 11) is 0. The zero-order valence-corrected chi connectivity index (χ0v) is 22.6. The molecule has 0 aromatic heterocycles. The van der Waals surface area contributed by atoms with Gasteiger partial charge in [0.15, 0.2) is 0 Å². The largest absolute Gasteiger partial charge is 0.449 e. The molecule has 1 aliphatic heterocycles. The Balaban J connectivity index is 2.18. The van der Waals surface area contributed by atoms with Crippen LogP contribution in [0.3, 0.4) is 0 Å². The van der Waals surface area contributed by atoms with Crippen molar-refractivity contribution in [2.24, 2.45) is 28.6 Å². The van der Waals surface area contributed by atoms with Crippen molar-refractivity contribution in [2.75, 3.05) is 0 Å². The summed E-state index contributed by atoms with van der Waals surface area (Å²) < 4.78 is 38.8. The molecule has 0 aromatic rings. The predicted molar refractivity (Wildman–Crippen MR) is 130 cm³/mol. The Morgan fingerprint density at radius 1 is 1.05 bits per heavy atom. The summed E-state index contributed by atoms with van der Waals surface area (Å²) >= 11 is 0. The Morgan fingerprint density at radius 2 is 1.62 bits per heavy atom. The molecule has 0 spiro atoms. The first-order valence-corrected chi connectivity index (χ1v) is 12.6. The minimum atomic E-state index is -5.07. The van der Waals surface area contributed by atoms with E-state index in [2.05, 4.69) is 16.0 Å². The Bertz CT molecular complexity index is 962. The van der Waals surface area contributed by atoms with Gasteiger partial charge in [-0.1, -0.05) is 34.6 Å². The van der Waals surface area contributed by atoms with Crippen molar-refractivity contribution in [1.29, 1.82) is 5.26 Å². The highest BCUT2D eigenvalue weighted by Crippen LogP contribution is 2.54. The number of halogens is 3. The molecule has 0 bridgehead atoms. The van der Waals surface area contributed by atoms with E-state index < -0.39 is 65.1 Å². The third-order valence-electron chi connectivity index (χ3n) is 7.52. The average Bonchev–Trinajstić information content (AvgIpc) is 3.22. The van der Waals surface area contributed by atoms with Crippen molar-refractivity contribution in [3.05, 3.63) is 0 Å². The van der Waals surface area contributed by atoms with Gasteiger partial charge in [-0.3, -0.25) is 19.2 Å². The van der Waals surface area contributed by atoms with E-state index in [1.54, 1.807) is 20.8 Å². The molecule has 1 saturated carbocycles. The molecule has 208 valence electrons. The number of nitrogens with one attached hydrogen (secondary N) is 3. The lowest BCUT2D eigenvalue weighted by molar-refractivity contribution is -0.173. The van der Waals surface area contributed by atoms with Crippen LogP contribution < -0.4 is 16.0 Å². The van der Waals surface area contributed by atoms with E-state index in [-0.39, 0.29) is 30.1 Å². The summed E-state index contributed by atoms with van der Waals surface area (Å²) in [6.45, 7) is 12.4. The van der Waals surface area contributed by atoms with Crippen LogP contribution in [-0.2, 0) is 19.2 Å². The van der Waals surface area contributed by atoms with Crippen LogP contribution in [0.15, 0.2) is 0 Å². The summed E-state index contributed by atoms with van der Waals surface area (Å²) in [6, 6.07) is -0.0971. The zero-order chi connectivity index (χ0) is 28.6. The predicted octanol–water partition coefficient (Wildman–Crippen LogP) is 3.40. The van der Waals surface area contributed by atoms with Crippen molar-refractivity contribution in [1.82, 2.24) is 16.0 Å². The molecule has 5 unspecified atom stereocenters. The Labute approximate surface area is 216 Å². The maximum absolute atomic E-state index is 13.2. The topological polar surface area (TPSA) is 128 Å². The van der Waals surface area contributed by atoms with Crippen molar-refractivity contribution < 1.29 is 32.3 Å². The number of alkyl halides is 3. The van der Waals surface area contributed by atoms with Crippen LogP contribution in [0.5, 0.6) is 0 Å². The molecule has 1 aliphatic carbocycles. The minimum absolute atomic E-state index is 0.0545. The van der Waals surface area contributed by atoms with Crippen LogP contribution in [0.1, 0.15) is 80.6 Å². The van der Waals surface area contributed by atoms with Gasteiger partial charge in [-0.05, 0) is 56.3 Å². The number of carbonyl (C=O) groups is 4. The van der Waals surface area contributed by atoms with Crippen molar-refractivity contribution >= 4 is 23.5 Å². The molecule has 37 heavy (non-hydrogen) atoms. The van der Waals surface area contributed by atoms with E-state index in [0.29, 0.717) is 6.42 Å². The van der Waals surface area contributed by atoms with Crippen molar-refractivity contribution in [3.8, 4) is 6.07 Å². The van der Waals surface area contributed by atoms with Gasteiger partial charge in [0.1, 0.15) is 12.1 Å². The van der Waals surface area contributed by atoms with Crippen LogP contribution in [0.2, 0.25) is 0 Å². The minimum Gasteiger partial charge on any atom is -0.351 e. The molecule has 1 saturated heterocycles. The van der Waals surface area contributed by atoms with Gasteiger partial charge in [0.05, 0.1) is 12.0 Å². The molecular formula is C26H39F3N4O4. The fourth-order valence-electron chi connectivity index (χ4n) is 4.95. The van der Waals surface area contributed by atoms with E-state index in [9.17, 15) is 37.6 Å². The molecule has 0 radical (unpaired) electrons. The molecule has 11 heteroatoms. The number of carbonyl (C=O) groups excluding carboxylic acids is 4. The highest BCUT2D eigenvalue weighted by molar-refractivity contribution is 5.93. The highest BCUT2D eigenvalue weighted by Gasteiger charge is 2.49. The van der Waals surface area contributed by atoms with Gasteiger partial charge < -0.3 is 16.0 Å². The lowest BCUT2D eigenvalue weighted by Gasteiger charge is -2.31. The third kappa shape index (κ3) is 8.44. The number of amides is 3. The Morgan fingerprint density at radius 3 is 2.03 bits per heavy atom. The van der Waals surface area contributed by atoms with E-state index in [4.69, 9.17) is 0 Å². The molecule has 3 N–H and O–H groups in total. The summed E-state index contributed by atoms with van der Waals surface area (Å²) in [6.07, 6.45) is -4.46. The Hall–Kier alpha value is -2.64. The molecule has 3 amide bonds. The van der Waals surface area contributed by atoms with Crippen molar-refractivity contribution in [3.63, 3.8) is 0 Å². The number of ketones is 1. The summed E-state index contributed by atoms with van der Waals surface area (Å²) in [5.74, 6) is -5.37. The first-order chi connectivity index (χ1) is 16.7. The smallest absolute Gasteiger partial charge is 0.351 e. The molecule has 2 aliphatic rings. The second-order valence-corrected chi connectivity index (χ2v) is 12.9. The van der Waals surface area contributed by atoms with Gasteiger partial charge in [0.2, 0.25) is 23.5 Å². The number of hydrogen-bond donors (Lipinski definition) is 3. The molecule has 8 nitrogen and oxygen atoms in total. The normalized spacial score (nSPS) is 24.7. The Kier molecular flexibility index (Phi) is 8.78. The number of hydrogen-bond acceptors (Lipinski definition) is 5. The van der Waals surface area contributed by atoms with E-state index in [1.165, 1.54) is 0 Å². The lowest BCUT2D eigenvalue weighted by atomic mass is 9.77. The average molecular weight is 529 g/mol. The van der Waals surface area contributed by atoms with Crippen LogP contribution in [0.25, 0.3) is 0 Å². The molecule has 5 atom stereocenters. The van der Waals surface area contributed by atoms with Gasteiger partial charge in [0.25, 0.3) is 0 Å². The fraction of sp³-hybridized carbons (Fsp3) is 0.808. The van der Waals surface area contributed by atoms with Crippen LogP contribution >= 0.6 is 0 Å². The molecule has 2 fully saturated rings. The summed E-state index contributed by atoms with van der Waals surface area (Å²) in [5.41, 5.74) is -1.46. The van der Waals surface area contributed by atoms with Crippen LogP contribution in [0, 0.1) is 39.9 Å². The highest BCUT2D eigenvalue weighted by atomic mass is 19.4. The number of Topliss-reactive ketones (excluding diaryl/α,β-unsaturated/α-hetero) is 1. The standard InChI is InChI=1S/C26H39F3N4O4/c1-23(2,3)17(10-19(34)26(27,28)29)21(36)32-18(9-15-12-24(15,4)5)22(37)31-16(13-30)8-14-11-25(6,7)33-20(14)35/h14-18H,8-12H2,1-7H3,(H,31,37)(H,32,36)(H,33,35). The maximum atomic E-state index is 13.2. The van der Waals surface area contributed by atoms with Crippen molar-refractivity contribution in [2.45, 2.75) is 104 Å². The van der Waals surface area contributed by atoms with Crippen LogP contribution in [0.4, 0.5) is 13.2 Å². The third-order valence-corrected chi connectivity index (χ3v) is 7.52. The first kappa shape index (κ1) is 30.6. The summed E-state index contributed by atoms with van der Waals surface area (Å²) in [5, 5.41) is 17.7. The monoisotopic (exact) mass is 528 g/mol. The van der Waals surface area contributed by atoms with E-state index >= 15 is 0 Å². The van der Waals surface area contributed by atoms with E-state index in [1.807, 2.05) is 33.8 Å². The number of nitriles is 1. The first-order valence-electron chi connectivity index (χ1n) is 12.6. The molecule has 2 rings (SSSR count). The number of nitrogens with zero attached hydrogens (tertiary/aromatic N) is 1. The fourth-order valence-corrected chi connectivity index (χ4v) is 4.95. The molecule has 1 heterocycles. The van der Waals surface area contributed by atoms with Gasteiger partial charge in [-0.2, -0.15) is 18.4 Å². The summed E-state index contributed by atoms with van der Waals surface area (Å²) in [4.78, 5) is 50.3. The zero-order valence-electron chi connectivity index (χ0n) is 22.6.